The van der Waals surface area contributed by atoms with E-state index < -0.39 is 0 Å². The van der Waals surface area contributed by atoms with Gasteiger partial charge in [-0.05, 0) is 37.6 Å². The van der Waals surface area contributed by atoms with E-state index in [0.29, 0.717) is 6.04 Å². The average Bonchev–Trinajstić information content (AvgIpc) is 2.68. The van der Waals surface area contributed by atoms with Crippen LogP contribution in [-0.4, -0.2) is 19.1 Å². The molecule has 2 nitrogen and oxygen atoms in total. The zero-order chi connectivity index (χ0) is 10.5. The van der Waals surface area contributed by atoms with Gasteiger partial charge in [0.15, 0.2) is 0 Å². The van der Waals surface area contributed by atoms with Gasteiger partial charge in [-0.1, -0.05) is 32.1 Å². The van der Waals surface area contributed by atoms with Gasteiger partial charge in [0.05, 0.1) is 0 Å². The van der Waals surface area contributed by atoms with Crippen molar-refractivity contribution < 1.29 is 0 Å². The van der Waals surface area contributed by atoms with Crippen LogP contribution in [0.5, 0.6) is 0 Å². The molecule has 2 fully saturated rings. The van der Waals surface area contributed by atoms with Crippen molar-refractivity contribution in [2.75, 3.05) is 13.1 Å². The molecule has 88 valence electrons. The SMILES string of the molecule is NCC(NCCC1CCC1)C1CCCC1. The fourth-order valence-electron chi connectivity index (χ4n) is 3.06. The van der Waals surface area contributed by atoms with Crippen molar-refractivity contribution in [1.29, 1.82) is 0 Å². The summed E-state index contributed by atoms with van der Waals surface area (Å²) in [6.45, 7) is 2.03. The Morgan fingerprint density at radius 1 is 1.07 bits per heavy atom. The Kier molecular flexibility index (Phi) is 4.45. The molecule has 0 aromatic carbocycles. The minimum atomic E-state index is 0.604. The fraction of sp³-hybridized carbons (Fsp3) is 1.00. The topological polar surface area (TPSA) is 38.0 Å². The van der Waals surface area contributed by atoms with Crippen molar-refractivity contribution in [2.45, 2.75) is 57.4 Å². The van der Waals surface area contributed by atoms with E-state index in [1.54, 1.807) is 0 Å². The first kappa shape index (κ1) is 11.4. The first-order chi connectivity index (χ1) is 7.40. The summed E-state index contributed by atoms with van der Waals surface area (Å²) in [7, 11) is 0. The van der Waals surface area contributed by atoms with Crippen LogP contribution in [0.4, 0.5) is 0 Å². The molecule has 0 aliphatic heterocycles. The van der Waals surface area contributed by atoms with Crippen LogP contribution in [0.15, 0.2) is 0 Å². The van der Waals surface area contributed by atoms with E-state index in [9.17, 15) is 0 Å². The van der Waals surface area contributed by atoms with E-state index in [0.717, 1.165) is 18.4 Å². The van der Waals surface area contributed by atoms with Crippen molar-refractivity contribution in [3.8, 4) is 0 Å². The van der Waals surface area contributed by atoms with Crippen molar-refractivity contribution >= 4 is 0 Å². The average molecular weight is 210 g/mol. The standard InChI is InChI=1S/C13H26N2/c14-10-13(12-6-1-2-7-12)15-9-8-11-4-3-5-11/h11-13,15H,1-10,14H2. The molecule has 0 heterocycles. The molecule has 1 atom stereocenters. The van der Waals surface area contributed by atoms with Gasteiger partial charge in [0.2, 0.25) is 0 Å². The Hall–Kier alpha value is -0.0800. The molecular weight excluding hydrogens is 184 g/mol. The van der Waals surface area contributed by atoms with Gasteiger partial charge in [-0.3, -0.25) is 0 Å². The highest BCUT2D eigenvalue weighted by Crippen LogP contribution is 2.30. The largest absolute Gasteiger partial charge is 0.329 e. The van der Waals surface area contributed by atoms with Gasteiger partial charge < -0.3 is 11.1 Å². The lowest BCUT2D eigenvalue weighted by Gasteiger charge is -2.28. The highest BCUT2D eigenvalue weighted by Gasteiger charge is 2.24. The molecule has 2 aliphatic carbocycles. The Bertz CT molecular complexity index is 171. The zero-order valence-electron chi connectivity index (χ0n) is 9.88. The summed E-state index contributed by atoms with van der Waals surface area (Å²) in [5, 5.41) is 3.69. The van der Waals surface area contributed by atoms with Gasteiger partial charge in [-0.25, -0.2) is 0 Å². The lowest BCUT2D eigenvalue weighted by Crippen LogP contribution is -2.42. The van der Waals surface area contributed by atoms with Gasteiger partial charge in [0.25, 0.3) is 0 Å². The molecule has 2 saturated carbocycles. The van der Waals surface area contributed by atoms with E-state index >= 15 is 0 Å². The van der Waals surface area contributed by atoms with Gasteiger partial charge in [-0.15, -0.1) is 0 Å². The highest BCUT2D eigenvalue weighted by molar-refractivity contribution is 4.82. The molecule has 0 aromatic rings. The monoisotopic (exact) mass is 210 g/mol. The van der Waals surface area contributed by atoms with Gasteiger partial charge in [0.1, 0.15) is 0 Å². The van der Waals surface area contributed by atoms with Crippen LogP contribution in [-0.2, 0) is 0 Å². The lowest BCUT2D eigenvalue weighted by atomic mass is 9.83. The lowest BCUT2D eigenvalue weighted by molar-refractivity contribution is 0.276. The van der Waals surface area contributed by atoms with Crippen LogP contribution >= 0.6 is 0 Å². The zero-order valence-corrected chi connectivity index (χ0v) is 9.88. The minimum absolute atomic E-state index is 0.604. The predicted molar refractivity (Wildman–Crippen MR) is 64.8 cm³/mol. The number of hydrogen-bond donors (Lipinski definition) is 2. The molecule has 2 heteroatoms. The van der Waals surface area contributed by atoms with Crippen LogP contribution in [0.1, 0.15) is 51.4 Å². The summed E-state index contributed by atoms with van der Waals surface area (Å²) in [6, 6.07) is 0.604. The molecule has 2 aliphatic rings. The third-order valence-electron chi connectivity index (χ3n) is 4.41. The normalized spacial score (nSPS) is 25.4. The van der Waals surface area contributed by atoms with E-state index in [-0.39, 0.29) is 0 Å². The summed E-state index contributed by atoms with van der Waals surface area (Å²) in [6.07, 6.45) is 11.4. The maximum atomic E-state index is 5.85. The molecule has 15 heavy (non-hydrogen) atoms. The van der Waals surface area contributed by atoms with Crippen molar-refractivity contribution in [1.82, 2.24) is 5.32 Å². The molecule has 1 unspecified atom stereocenters. The second kappa shape index (κ2) is 5.86. The van der Waals surface area contributed by atoms with Gasteiger partial charge >= 0.3 is 0 Å². The highest BCUT2D eigenvalue weighted by atomic mass is 14.9. The Balaban J connectivity index is 1.61. The number of hydrogen-bond acceptors (Lipinski definition) is 2. The van der Waals surface area contributed by atoms with Gasteiger partial charge in [0, 0.05) is 12.6 Å². The van der Waals surface area contributed by atoms with Crippen LogP contribution < -0.4 is 11.1 Å². The summed E-state index contributed by atoms with van der Waals surface area (Å²) in [5.74, 6) is 1.90. The van der Waals surface area contributed by atoms with E-state index in [4.69, 9.17) is 5.73 Å². The maximum absolute atomic E-state index is 5.85. The summed E-state index contributed by atoms with van der Waals surface area (Å²) < 4.78 is 0. The van der Waals surface area contributed by atoms with Crippen LogP contribution in [0.3, 0.4) is 0 Å². The first-order valence-electron chi connectivity index (χ1n) is 6.83. The van der Waals surface area contributed by atoms with Crippen LogP contribution in [0, 0.1) is 11.8 Å². The Morgan fingerprint density at radius 2 is 1.80 bits per heavy atom. The molecule has 0 aromatic heterocycles. The fourth-order valence-corrected chi connectivity index (χ4v) is 3.06. The molecule has 0 amide bonds. The predicted octanol–water partition coefficient (Wildman–Crippen LogP) is 2.28. The van der Waals surface area contributed by atoms with Gasteiger partial charge in [-0.2, -0.15) is 0 Å². The third kappa shape index (κ3) is 3.18. The molecule has 0 spiro atoms. The molecular formula is C13H26N2. The van der Waals surface area contributed by atoms with Crippen LogP contribution in [0.2, 0.25) is 0 Å². The summed E-state index contributed by atoms with van der Waals surface area (Å²) in [4.78, 5) is 0. The summed E-state index contributed by atoms with van der Waals surface area (Å²) >= 11 is 0. The van der Waals surface area contributed by atoms with E-state index in [2.05, 4.69) is 5.32 Å². The van der Waals surface area contributed by atoms with E-state index in [1.807, 2.05) is 0 Å². The molecule has 2 rings (SSSR count). The Labute approximate surface area is 94.0 Å². The number of nitrogens with one attached hydrogen (secondary N) is 1. The molecule has 3 N–H and O–H groups in total. The van der Waals surface area contributed by atoms with Crippen molar-refractivity contribution in [2.24, 2.45) is 17.6 Å². The summed E-state index contributed by atoms with van der Waals surface area (Å²) in [5.41, 5.74) is 5.85. The quantitative estimate of drug-likeness (QED) is 0.706. The molecule has 0 saturated heterocycles. The second-order valence-corrected chi connectivity index (χ2v) is 5.43. The van der Waals surface area contributed by atoms with Crippen molar-refractivity contribution in [3.63, 3.8) is 0 Å². The van der Waals surface area contributed by atoms with Crippen molar-refractivity contribution in [3.05, 3.63) is 0 Å². The molecule has 0 bridgehead atoms. The number of nitrogens with two attached hydrogens (primary N) is 1. The second-order valence-electron chi connectivity index (χ2n) is 5.43. The third-order valence-corrected chi connectivity index (χ3v) is 4.41. The molecule has 0 radical (unpaired) electrons. The van der Waals surface area contributed by atoms with Crippen LogP contribution in [0.25, 0.3) is 0 Å². The smallest absolute Gasteiger partial charge is 0.0218 e. The van der Waals surface area contributed by atoms with E-state index in [1.165, 1.54) is 57.9 Å². The first-order valence-corrected chi connectivity index (χ1v) is 6.83. The maximum Gasteiger partial charge on any atom is 0.0218 e. The number of rotatable bonds is 6. The minimum Gasteiger partial charge on any atom is -0.329 e. The Morgan fingerprint density at radius 3 is 2.33 bits per heavy atom.